The van der Waals surface area contributed by atoms with Crippen LogP contribution in [0.4, 0.5) is 11.4 Å². The second-order valence-electron chi connectivity index (χ2n) is 8.02. The lowest BCUT2D eigenvalue weighted by molar-refractivity contribution is -0.138. The molecule has 3 rings (SSSR count). The highest BCUT2D eigenvalue weighted by molar-refractivity contribution is 6.09. The fraction of sp³-hybridized carbons (Fsp3) is 0.619. The number of amides is 2. The summed E-state index contributed by atoms with van der Waals surface area (Å²) < 4.78 is 5.51. The molecule has 1 aromatic rings. The second kappa shape index (κ2) is 8.74. The zero-order valence-electron chi connectivity index (χ0n) is 16.4. The largest absolute Gasteiger partial charge is 0.376 e. The Hall–Kier alpha value is -2.08. The Morgan fingerprint density at radius 2 is 1.78 bits per heavy atom. The molecule has 2 fully saturated rings. The van der Waals surface area contributed by atoms with Gasteiger partial charge in [-0.2, -0.15) is 0 Å². The third kappa shape index (κ3) is 5.01. The average molecular weight is 373 g/mol. The molecule has 0 radical (unpaired) electrons. The highest BCUT2D eigenvalue weighted by atomic mass is 16.5. The molecule has 2 aliphatic heterocycles. The molecule has 1 atom stereocenters. The molecule has 1 unspecified atom stereocenters. The molecule has 2 saturated heterocycles. The number of ether oxygens (including phenoxy) is 1. The summed E-state index contributed by atoms with van der Waals surface area (Å²) in [6.07, 6.45) is 5.81. The monoisotopic (exact) mass is 373 g/mol. The van der Waals surface area contributed by atoms with Gasteiger partial charge in [0.25, 0.3) is 0 Å². The number of benzene rings is 1. The molecule has 0 spiro atoms. The van der Waals surface area contributed by atoms with Crippen LogP contribution in [-0.2, 0) is 14.3 Å². The van der Waals surface area contributed by atoms with E-state index in [4.69, 9.17) is 4.74 Å². The maximum atomic E-state index is 12.6. The smallest absolute Gasteiger partial charge is 0.239 e. The Balaban J connectivity index is 1.53. The molecule has 0 aromatic heterocycles. The van der Waals surface area contributed by atoms with Crippen LogP contribution in [0.1, 0.15) is 46.0 Å². The maximum absolute atomic E-state index is 12.6. The van der Waals surface area contributed by atoms with E-state index in [0.717, 1.165) is 32.5 Å². The van der Waals surface area contributed by atoms with Crippen LogP contribution >= 0.6 is 0 Å². The SMILES string of the molecule is CC(C)(C(=O)NCC1CCCO1)C(=O)Nc1ccc(N2CCCCC2)cc1. The number of nitrogens with zero attached hydrogens (tertiary/aromatic N) is 1. The van der Waals surface area contributed by atoms with E-state index in [-0.39, 0.29) is 17.9 Å². The molecule has 0 aliphatic carbocycles. The fourth-order valence-electron chi connectivity index (χ4n) is 3.53. The molecule has 6 heteroatoms. The van der Waals surface area contributed by atoms with Gasteiger partial charge in [0.1, 0.15) is 5.41 Å². The van der Waals surface area contributed by atoms with Gasteiger partial charge >= 0.3 is 0 Å². The Morgan fingerprint density at radius 3 is 2.41 bits per heavy atom. The van der Waals surface area contributed by atoms with Crippen LogP contribution in [0.15, 0.2) is 24.3 Å². The van der Waals surface area contributed by atoms with Crippen molar-refractivity contribution in [2.45, 2.75) is 52.1 Å². The quantitative estimate of drug-likeness (QED) is 0.752. The first-order valence-electron chi connectivity index (χ1n) is 10.0. The van der Waals surface area contributed by atoms with Gasteiger partial charge in [-0.3, -0.25) is 9.59 Å². The number of anilines is 2. The highest BCUT2D eigenvalue weighted by Crippen LogP contribution is 2.24. The Kier molecular flexibility index (Phi) is 6.37. The summed E-state index contributed by atoms with van der Waals surface area (Å²) in [5.41, 5.74) is 0.742. The van der Waals surface area contributed by atoms with Crippen molar-refractivity contribution < 1.29 is 14.3 Å². The summed E-state index contributed by atoms with van der Waals surface area (Å²) in [5.74, 6) is -0.585. The number of rotatable bonds is 6. The van der Waals surface area contributed by atoms with Crippen molar-refractivity contribution in [1.29, 1.82) is 0 Å². The minimum Gasteiger partial charge on any atom is -0.376 e. The van der Waals surface area contributed by atoms with E-state index >= 15 is 0 Å². The van der Waals surface area contributed by atoms with E-state index in [0.29, 0.717) is 12.2 Å². The van der Waals surface area contributed by atoms with Crippen molar-refractivity contribution in [2.75, 3.05) is 36.5 Å². The number of carbonyl (C=O) groups excluding carboxylic acids is 2. The van der Waals surface area contributed by atoms with Gasteiger partial charge in [0.05, 0.1) is 6.10 Å². The summed E-state index contributed by atoms with van der Waals surface area (Å²) in [6.45, 7) is 6.68. The first kappa shape index (κ1) is 19.7. The van der Waals surface area contributed by atoms with Crippen LogP contribution in [0.2, 0.25) is 0 Å². The van der Waals surface area contributed by atoms with Crippen molar-refractivity contribution in [3.05, 3.63) is 24.3 Å². The van der Waals surface area contributed by atoms with E-state index in [2.05, 4.69) is 15.5 Å². The third-order valence-corrected chi connectivity index (χ3v) is 5.50. The number of carbonyl (C=O) groups is 2. The van der Waals surface area contributed by atoms with Gasteiger partial charge in [0, 0.05) is 37.6 Å². The van der Waals surface area contributed by atoms with E-state index < -0.39 is 5.41 Å². The molecule has 0 bridgehead atoms. The predicted octanol–water partition coefficient (Wildman–Crippen LogP) is 2.94. The third-order valence-electron chi connectivity index (χ3n) is 5.50. The summed E-state index contributed by atoms with van der Waals surface area (Å²) in [5, 5.41) is 5.72. The molecule has 2 amide bonds. The molecule has 1 aromatic carbocycles. The molecule has 27 heavy (non-hydrogen) atoms. The summed E-state index contributed by atoms with van der Waals surface area (Å²) in [4.78, 5) is 27.5. The van der Waals surface area contributed by atoms with Crippen molar-refractivity contribution in [1.82, 2.24) is 5.32 Å². The Morgan fingerprint density at radius 1 is 1.07 bits per heavy atom. The van der Waals surface area contributed by atoms with E-state index in [1.165, 1.54) is 24.9 Å². The van der Waals surface area contributed by atoms with E-state index in [1.807, 2.05) is 24.3 Å². The van der Waals surface area contributed by atoms with Gasteiger partial charge in [0.15, 0.2) is 0 Å². The van der Waals surface area contributed by atoms with Crippen molar-refractivity contribution in [3.63, 3.8) is 0 Å². The molecule has 2 N–H and O–H groups in total. The zero-order valence-corrected chi connectivity index (χ0v) is 16.4. The Labute approximate surface area is 161 Å². The number of hydrogen-bond acceptors (Lipinski definition) is 4. The van der Waals surface area contributed by atoms with Crippen LogP contribution in [0.3, 0.4) is 0 Å². The van der Waals surface area contributed by atoms with Gasteiger partial charge in [-0.05, 0) is 70.2 Å². The van der Waals surface area contributed by atoms with Crippen LogP contribution in [0.5, 0.6) is 0 Å². The first-order valence-corrected chi connectivity index (χ1v) is 10.0. The number of nitrogens with one attached hydrogen (secondary N) is 2. The molecule has 2 aliphatic rings. The molecule has 2 heterocycles. The minimum atomic E-state index is -1.15. The number of hydrogen-bond donors (Lipinski definition) is 2. The average Bonchev–Trinajstić information content (AvgIpc) is 3.21. The molecule has 148 valence electrons. The molecule has 6 nitrogen and oxygen atoms in total. The Bertz CT molecular complexity index is 645. The van der Waals surface area contributed by atoms with Gasteiger partial charge in [-0.1, -0.05) is 0 Å². The number of piperidine rings is 1. The minimum absolute atomic E-state index is 0.0649. The van der Waals surface area contributed by atoms with Gasteiger partial charge in [0.2, 0.25) is 11.8 Å². The lowest BCUT2D eigenvalue weighted by atomic mass is 9.90. The highest BCUT2D eigenvalue weighted by Gasteiger charge is 2.36. The summed E-state index contributed by atoms with van der Waals surface area (Å²) in [7, 11) is 0. The van der Waals surface area contributed by atoms with E-state index in [1.54, 1.807) is 13.8 Å². The van der Waals surface area contributed by atoms with Crippen molar-refractivity contribution in [3.8, 4) is 0 Å². The van der Waals surface area contributed by atoms with Crippen molar-refractivity contribution >= 4 is 23.2 Å². The van der Waals surface area contributed by atoms with Crippen LogP contribution in [0.25, 0.3) is 0 Å². The van der Waals surface area contributed by atoms with Crippen LogP contribution in [0, 0.1) is 5.41 Å². The van der Waals surface area contributed by atoms with E-state index in [9.17, 15) is 9.59 Å². The summed E-state index contributed by atoms with van der Waals surface area (Å²) in [6, 6.07) is 7.88. The topological polar surface area (TPSA) is 70.7 Å². The molecular weight excluding hydrogens is 342 g/mol. The fourth-order valence-corrected chi connectivity index (χ4v) is 3.53. The van der Waals surface area contributed by atoms with Crippen LogP contribution < -0.4 is 15.5 Å². The normalized spacial score (nSPS) is 20.4. The standard InChI is InChI=1S/C21H31N3O3/c1-21(2,19(25)22-15-18-7-6-14-27-18)20(26)23-16-8-10-17(11-9-16)24-12-4-3-5-13-24/h8-11,18H,3-7,12-15H2,1-2H3,(H,22,25)(H,23,26). The lowest BCUT2D eigenvalue weighted by Gasteiger charge is -2.29. The zero-order chi connectivity index (χ0) is 19.3. The second-order valence-corrected chi connectivity index (χ2v) is 8.02. The first-order chi connectivity index (χ1) is 13.0. The van der Waals surface area contributed by atoms with Gasteiger partial charge < -0.3 is 20.3 Å². The van der Waals surface area contributed by atoms with Gasteiger partial charge in [-0.25, -0.2) is 0 Å². The summed E-state index contributed by atoms with van der Waals surface area (Å²) >= 11 is 0. The molecular formula is C21H31N3O3. The predicted molar refractivity (Wildman–Crippen MR) is 107 cm³/mol. The van der Waals surface area contributed by atoms with Gasteiger partial charge in [-0.15, -0.1) is 0 Å². The lowest BCUT2D eigenvalue weighted by Crippen LogP contribution is -2.47. The van der Waals surface area contributed by atoms with Crippen LogP contribution in [-0.4, -0.2) is 44.2 Å². The van der Waals surface area contributed by atoms with Crippen molar-refractivity contribution in [2.24, 2.45) is 5.41 Å². The molecule has 0 saturated carbocycles. The maximum Gasteiger partial charge on any atom is 0.239 e.